The van der Waals surface area contributed by atoms with Crippen LogP contribution >= 0.6 is 11.6 Å². The Kier molecular flexibility index (Phi) is 8.89. The molecule has 3 aromatic carbocycles. The van der Waals surface area contributed by atoms with E-state index in [1.54, 1.807) is 55.6 Å². The molecule has 0 unspecified atom stereocenters. The van der Waals surface area contributed by atoms with E-state index in [4.69, 9.17) is 21.1 Å². The lowest BCUT2D eigenvalue weighted by Gasteiger charge is -2.23. The third kappa shape index (κ3) is 7.10. The lowest BCUT2D eigenvalue weighted by atomic mass is 10.2. The molecule has 3 aromatic rings. The number of sulfonamides is 2. The van der Waals surface area contributed by atoms with Gasteiger partial charge in [0.2, 0.25) is 20.0 Å². The van der Waals surface area contributed by atoms with Gasteiger partial charge >= 0.3 is 0 Å². The minimum atomic E-state index is -3.98. The van der Waals surface area contributed by atoms with Gasteiger partial charge in [0.05, 0.1) is 23.0 Å². The second kappa shape index (κ2) is 11.9. The Morgan fingerprint density at radius 2 is 1.46 bits per heavy atom. The summed E-state index contributed by atoms with van der Waals surface area (Å²) in [6.45, 7) is 1.02. The smallest absolute Gasteiger partial charge is 0.243 e. The van der Waals surface area contributed by atoms with Crippen molar-refractivity contribution in [3.63, 3.8) is 0 Å². The van der Waals surface area contributed by atoms with Gasteiger partial charge in [-0.3, -0.25) is 0 Å². The SMILES string of the molecule is COc1ccc(CN(Cc2ccc(Cl)cc2)S(=O)(=O)c2ccc(S(=O)(=O)NC[C@H]3CCCO3)cc2)cc1. The van der Waals surface area contributed by atoms with E-state index in [9.17, 15) is 16.8 Å². The van der Waals surface area contributed by atoms with Crippen LogP contribution in [0.15, 0.2) is 82.6 Å². The molecule has 0 radical (unpaired) electrons. The summed E-state index contributed by atoms with van der Waals surface area (Å²) in [6, 6.07) is 19.3. The van der Waals surface area contributed by atoms with Crippen LogP contribution in [-0.4, -0.2) is 47.5 Å². The maximum absolute atomic E-state index is 13.7. The summed E-state index contributed by atoms with van der Waals surface area (Å²) in [5.74, 6) is 0.667. The van der Waals surface area contributed by atoms with E-state index in [0.29, 0.717) is 17.4 Å². The molecule has 0 amide bonds. The molecule has 0 saturated carbocycles. The number of methoxy groups -OCH3 is 1. The zero-order valence-electron chi connectivity index (χ0n) is 20.3. The van der Waals surface area contributed by atoms with Crippen molar-refractivity contribution in [2.75, 3.05) is 20.3 Å². The fourth-order valence-corrected chi connectivity index (χ4v) is 6.59. The highest BCUT2D eigenvalue weighted by Gasteiger charge is 2.26. The van der Waals surface area contributed by atoms with Crippen LogP contribution < -0.4 is 9.46 Å². The molecule has 1 N–H and O–H groups in total. The van der Waals surface area contributed by atoms with Gasteiger partial charge in [-0.25, -0.2) is 21.6 Å². The van der Waals surface area contributed by atoms with Gasteiger partial charge in [0.1, 0.15) is 5.75 Å². The fraction of sp³-hybridized carbons (Fsp3) is 0.308. The molecule has 0 bridgehead atoms. The number of ether oxygens (including phenoxy) is 2. The van der Waals surface area contributed by atoms with Crippen LogP contribution in [0.1, 0.15) is 24.0 Å². The highest BCUT2D eigenvalue weighted by molar-refractivity contribution is 7.89. The summed E-state index contributed by atoms with van der Waals surface area (Å²) in [6.07, 6.45) is 1.56. The second-order valence-corrected chi connectivity index (χ2v) is 12.8. The average molecular weight is 565 g/mol. The summed E-state index contributed by atoms with van der Waals surface area (Å²) >= 11 is 6.00. The minimum absolute atomic E-state index is 0.00643. The lowest BCUT2D eigenvalue weighted by Crippen LogP contribution is -2.32. The lowest BCUT2D eigenvalue weighted by molar-refractivity contribution is 0.114. The standard InChI is InChI=1S/C26H29ClN2O6S2/c1-34-23-10-6-21(7-11-23)19-29(18-20-4-8-22(27)9-5-20)37(32,33)26-14-12-25(13-15-26)36(30,31)28-17-24-3-2-16-35-24/h4-15,24,28H,2-3,16-19H2,1H3/t24-/m1/s1. The molecule has 1 aliphatic rings. The quantitative estimate of drug-likeness (QED) is 0.374. The van der Waals surface area contributed by atoms with Gasteiger partial charge in [-0.1, -0.05) is 35.9 Å². The monoisotopic (exact) mass is 564 g/mol. The highest BCUT2D eigenvalue weighted by atomic mass is 35.5. The zero-order valence-corrected chi connectivity index (χ0v) is 22.7. The van der Waals surface area contributed by atoms with Crippen molar-refractivity contribution in [3.8, 4) is 5.75 Å². The Labute approximate surface area is 223 Å². The van der Waals surface area contributed by atoms with Crippen molar-refractivity contribution in [1.82, 2.24) is 9.03 Å². The van der Waals surface area contributed by atoms with Crippen LogP contribution in [0.2, 0.25) is 5.02 Å². The van der Waals surface area contributed by atoms with Crippen LogP contribution in [0.25, 0.3) is 0 Å². The minimum Gasteiger partial charge on any atom is -0.497 e. The molecule has 0 spiro atoms. The van der Waals surface area contributed by atoms with Crippen molar-refractivity contribution >= 4 is 31.6 Å². The molecule has 1 atom stereocenters. The van der Waals surface area contributed by atoms with E-state index >= 15 is 0 Å². The molecule has 8 nitrogen and oxygen atoms in total. The van der Waals surface area contributed by atoms with E-state index in [1.807, 2.05) is 0 Å². The number of rotatable bonds is 11. The predicted octanol–water partition coefficient (Wildman–Crippen LogP) is 4.20. The van der Waals surface area contributed by atoms with E-state index in [0.717, 1.165) is 24.0 Å². The first-order chi connectivity index (χ1) is 17.7. The Morgan fingerprint density at radius 3 is 2.00 bits per heavy atom. The number of nitrogens with one attached hydrogen (secondary N) is 1. The first-order valence-corrected chi connectivity index (χ1v) is 15.1. The molecule has 0 aliphatic carbocycles. The van der Waals surface area contributed by atoms with Gasteiger partial charge < -0.3 is 9.47 Å². The first kappa shape index (κ1) is 27.6. The Morgan fingerprint density at radius 1 is 0.892 bits per heavy atom. The highest BCUT2D eigenvalue weighted by Crippen LogP contribution is 2.24. The molecule has 1 heterocycles. The van der Waals surface area contributed by atoms with Gasteiger partial charge in [0, 0.05) is 31.3 Å². The third-order valence-corrected chi connectivity index (χ3v) is 9.58. The van der Waals surface area contributed by atoms with Crippen LogP contribution in [0.4, 0.5) is 0 Å². The Hall–Kier alpha value is -2.47. The molecule has 11 heteroatoms. The third-order valence-electron chi connectivity index (χ3n) is 6.09. The van der Waals surface area contributed by atoms with Gasteiger partial charge in [-0.15, -0.1) is 0 Å². The Bertz CT molecular complexity index is 1390. The number of benzene rings is 3. The molecule has 1 saturated heterocycles. The van der Waals surface area contributed by atoms with Crippen molar-refractivity contribution in [2.45, 2.75) is 41.8 Å². The molecule has 0 aromatic heterocycles. The summed E-state index contributed by atoms with van der Waals surface area (Å²) < 4.78 is 67.3. The van der Waals surface area contributed by atoms with E-state index in [2.05, 4.69) is 4.72 Å². The van der Waals surface area contributed by atoms with Crippen molar-refractivity contribution < 1.29 is 26.3 Å². The van der Waals surface area contributed by atoms with E-state index in [1.165, 1.54) is 28.6 Å². The molecule has 4 rings (SSSR count). The van der Waals surface area contributed by atoms with Crippen LogP contribution in [-0.2, 0) is 37.9 Å². The van der Waals surface area contributed by atoms with Gasteiger partial charge in [0.25, 0.3) is 0 Å². The summed E-state index contributed by atoms with van der Waals surface area (Å²) in [5.41, 5.74) is 1.54. The maximum Gasteiger partial charge on any atom is 0.243 e. The summed E-state index contributed by atoms with van der Waals surface area (Å²) in [4.78, 5) is -0.0168. The van der Waals surface area contributed by atoms with Crippen LogP contribution in [0.5, 0.6) is 5.75 Å². The van der Waals surface area contributed by atoms with Gasteiger partial charge in [0.15, 0.2) is 0 Å². The summed E-state index contributed by atoms with van der Waals surface area (Å²) in [5, 5.41) is 0.554. The second-order valence-electron chi connectivity index (χ2n) is 8.71. The van der Waals surface area contributed by atoms with Crippen molar-refractivity contribution in [2.24, 2.45) is 0 Å². The molecular weight excluding hydrogens is 536 g/mol. The summed E-state index contributed by atoms with van der Waals surface area (Å²) in [7, 11) is -6.21. The molecule has 1 fully saturated rings. The fourth-order valence-electron chi connectivity index (χ4n) is 3.99. The van der Waals surface area contributed by atoms with Crippen LogP contribution in [0, 0.1) is 0 Å². The van der Waals surface area contributed by atoms with Crippen molar-refractivity contribution in [3.05, 3.63) is 88.9 Å². The van der Waals surface area contributed by atoms with E-state index in [-0.39, 0.29) is 35.5 Å². The number of nitrogens with zero attached hydrogens (tertiary/aromatic N) is 1. The number of halogens is 1. The van der Waals surface area contributed by atoms with Gasteiger partial charge in [-0.2, -0.15) is 4.31 Å². The number of hydrogen-bond donors (Lipinski definition) is 1. The molecule has 37 heavy (non-hydrogen) atoms. The van der Waals surface area contributed by atoms with E-state index < -0.39 is 20.0 Å². The maximum atomic E-state index is 13.7. The first-order valence-electron chi connectivity index (χ1n) is 11.8. The molecular formula is C26H29ClN2O6S2. The number of hydrogen-bond acceptors (Lipinski definition) is 6. The van der Waals surface area contributed by atoms with Crippen molar-refractivity contribution in [1.29, 1.82) is 0 Å². The van der Waals surface area contributed by atoms with Gasteiger partial charge in [-0.05, 0) is 72.5 Å². The molecule has 1 aliphatic heterocycles. The predicted molar refractivity (Wildman–Crippen MR) is 141 cm³/mol. The Balaban J connectivity index is 1.57. The normalized spacial score (nSPS) is 16.2. The topological polar surface area (TPSA) is 102 Å². The van der Waals surface area contributed by atoms with Crippen LogP contribution in [0.3, 0.4) is 0 Å². The zero-order chi connectivity index (χ0) is 26.5. The largest absolute Gasteiger partial charge is 0.497 e. The molecule has 198 valence electrons. The average Bonchev–Trinajstić information content (AvgIpc) is 3.43.